The summed E-state index contributed by atoms with van der Waals surface area (Å²) in [6.07, 6.45) is 0.864. The largest absolute Gasteiger partial charge is 0.341 e. The van der Waals surface area contributed by atoms with E-state index in [0.717, 1.165) is 17.5 Å². The van der Waals surface area contributed by atoms with Crippen LogP contribution in [0.5, 0.6) is 0 Å². The van der Waals surface area contributed by atoms with E-state index in [2.05, 4.69) is 0 Å². The zero-order chi connectivity index (χ0) is 11.1. The van der Waals surface area contributed by atoms with Gasteiger partial charge in [-0.2, -0.15) is 0 Å². The van der Waals surface area contributed by atoms with Crippen molar-refractivity contribution in [2.75, 3.05) is 19.6 Å². The highest BCUT2D eigenvalue weighted by atomic mass is 35.5. The molecule has 4 nitrogen and oxygen atoms in total. The van der Waals surface area contributed by atoms with Gasteiger partial charge in [-0.1, -0.05) is 18.2 Å². The lowest BCUT2D eigenvalue weighted by atomic mass is 10.0. The lowest BCUT2D eigenvalue weighted by Gasteiger charge is -2.35. The predicted molar refractivity (Wildman–Crippen MR) is 65.1 cm³/mol. The van der Waals surface area contributed by atoms with Crippen molar-refractivity contribution >= 4 is 24.7 Å². The molecule has 0 unspecified atom stereocenters. The Labute approximate surface area is 106 Å². The normalized spacial score (nSPS) is 21.6. The lowest BCUT2D eigenvalue weighted by Crippen LogP contribution is -2.46. The first-order valence-corrected chi connectivity index (χ1v) is 5.40. The van der Waals surface area contributed by atoms with Crippen LogP contribution in [0.1, 0.15) is 22.0 Å². The SMILES string of the molecule is Cl.O=CN1CCN2C(=O)c3ccccc3[C@H]2C1. The van der Waals surface area contributed by atoms with Crippen LogP contribution in [0, 0.1) is 0 Å². The molecule has 0 aliphatic carbocycles. The first-order chi connectivity index (χ1) is 7.81. The van der Waals surface area contributed by atoms with E-state index in [0.29, 0.717) is 19.6 Å². The number of piperazine rings is 1. The molecule has 2 amide bonds. The molecule has 0 bridgehead atoms. The van der Waals surface area contributed by atoms with Gasteiger partial charge in [-0.25, -0.2) is 0 Å². The van der Waals surface area contributed by atoms with Gasteiger partial charge >= 0.3 is 0 Å². The van der Waals surface area contributed by atoms with Crippen molar-refractivity contribution in [2.45, 2.75) is 6.04 Å². The fraction of sp³-hybridized carbons (Fsp3) is 0.333. The standard InChI is InChI=1S/C12H12N2O2.ClH/c15-8-13-5-6-14-11(7-13)9-3-1-2-4-10(9)12(14)16;/h1-4,8,11H,5-7H2;1H/t11-;/m1./s1. The van der Waals surface area contributed by atoms with Gasteiger partial charge in [0.2, 0.25) is 6.41 Å². The zero-order valence-electron chi connectivity index (χ0n) is 9.20. The van der Waals surface area contributed by atoms with E-state index in [1.54, 1.807) is 4.90 Å². The maximum atomic E-state index is 12.0. The molecule has 90 valence electrons. The van der Waals surface area contributed by atoms with Crippen LogP contribution in [0.4, 0.5) is 0 Å². The fourth-order valence-corrected chi connectivity index (χ4v) is 2.55. The number of rotatable bonds is 1. The molecular weight excluding hydrogens is 240 g/mol. The van der Waals surface area contributed by atoms with Gasteiger partial charge in [-0.05, 0) is 11.6 Å². The molecule has 0 aromatic heterocycles. The molecule has 0 radical (unpaired) electrons. The number of hydrogen-bond acceptors (Lipinski definition) is 2. The van der Waals surface area contributed by atoms with Crippen LogP contribution in [0.2, 0.25) is 0 Å². The fourth-order valence-electron chi connectivity index (χ4n) is 2.55. The van der Waals surface area contributed by atoms with Crippen LogP contribution in [0.15, 0.2) is 24.3 Å². The molecule has 1 saturated heterocycles. The number of halogens is 1. The third kappa shape index (κ3) is 1.69. The molecule has 3 rings (SSSR count). The number of amides is 2. The van der Waals surface area contributed by atoms with Crippen LogP contribution >= 0.6 is 12.4 Å². The molecule has 0 N–H and O–H groups in total. The number of fused-ring (bicyclic) bond motifs is 3. The monoisotopic (exact) mass is 252 g/mol. The molecule has 5 heteroatoms. The Morgan fingerprint density at radius 3 is 2.76 bits per heavy atom. The maximum absolute atomic E-state index is 12.0. The maximum Gasteiger partial charge on any atom is 0.254 e. The summed E-state index contributed by atoms with van der Waals surface area (Å²) in [5.41, 5.74) is 1.85. The molecule has 2 aliphatic heterocycles. The van der Waals surface area contributed by atoms with Gasteiger partial charge in [0, 0.05) is 25.2 Å². The second-order valence-electron chi connectivity index (χ2n) is 4.20. The van der Waals surface area contributed by atoms with E-state index in [1.165, 1.54) is 0 Å². The van der Waals surface area contributed by atoms with Crippen molar-refractivity contribution in [1.82, 2.24) is 9.80 Å². The predicted octanol–water partition coefficient (Wildman–Crippen LogP) is 1.08. The van der Waals surface area contributed by atoms with Crippen LogP contribution in [-0.4, -0.2) is 41.8 Å². The Morgan fingerprint density at radius 2 is 2.00 bits per heavy atom. The number of carbonyl (C=O) groups excluding carboxylic acids is 2. The van der Waals surface area contributed by atoms with Gasteiger partial charge in [-0.3, -0.25) is 9.59 Å². The summed E-state index contributed by atoms with van der Waals surface area (Å²) in [5, 5.41) is 0. The molecule has 2 aliphatic rings. The molecule has 17 heavy (non-hydrogen) atoms. The molecular formula is C12H13ClN2O2. The van der Waals surface area contributed by atoms with E-state index in [1.807, 2.05) is 29.2 Å². The van der Waals surface area contributed by atoms with E-state index in [-0.39, 0.29) is 24.4 Å². The highest BCUT2D eigenvalue weighted by molar-refractivity contribution is 5.99. The summed E-state index contributed by atoms with van der Waals surface area (Å²) >= 11 is 0. The Bertz CT molecular complexity index is 464. The van der Waals surface area contributed by atoms with E-state index in [4.69, 9.17) is 0 Å². The minimum atomic E-state index is 0. The highest BCUT2D eigenvalue weighted by Gasteiger charge is 2.39. The van der Waals surface area contributed by atoms with Crippen LogP contribution in [-0.2, 0) is 4.79 Å². The Balaban J connectivity index is 0.00000108. The number of benzene rings is 1. The van der Waals surface area contributed by atoms with Crippen LogP contribution < -0.4 is 0 Å². The van der Waals surface area contributed by atoms with Gasteiger partial charge in [-0.15, -0.1) is 12.4 Å². The van der Waals surface area contributed by atoms with Gasteiger partial charge in [0.15, 0.2) is 0 Å². The molecule has 0 saturated carbocycles. The van der Waals surface area contributed by atoms with Gasteiger partial charge in [0.1, 0.15) is 0 Å². The lowest BCUT2D eigenvalue weighted by molar-refractivity contribution is -0.120. The van der Waals surface area contributed by atoms with E-state index in [9.17, 15) is 9.59 Å². The average molecular weight is 253 g/mol. The molecule has 1 atom stereocenters. The number of nitrogens with zero attached hydrogens (tertiary/aromatic N) is 2. The third-order valence-electron chi connectivity index (χ3n) is 3.37. The minimum absolute atomic E-state index is 0. The van der Waals surface area contributed by atoms with Crippen molar-refractivity contribution in [3.05, 3.63) is 35.4 Å². The van der Waals surface area contributed by atoms with E-state index < -0.39 is 0 Å². The summed E-state index contributed by atoms with van der Waals surface area (Å²) in [5.74, 6) is 0.103. The van der Waals surface area contributed by atoms with Crippen molar-refractivity contribution < 1.29 is 9.59 Å². The Morgan fingerprint density at radius 1 is 1.24 bits per heavy atom. The zero-order valence-corrected chi connectivity index (χ0v) is 10.0. The summed E-state index contributed by atoms with van der Waals surface area (Å²) in [6.45, 7) is 1.89. The second kappa shape index (κ2) is 4.37. The summed E-state index contributed by atoms with van der Waals surface area (Å²) in [6, 6.07) is 7.72. The van der Waals surface area contributed by atoms with Gasteiger partial charge in [0.05, 0.1) is 6.04 Å². The van der Waals surface area contributed by atoms with Crippen molar-refractivity contribution in [2.24, 2.45) is 0 Å². The molecule has 1 fully saturated rings. The van der Waals surface area contributed by atoms with Crippen molar-refractivity contribution in [1.29, 1.82) is 0 Å². The summed E-state index contributed by atoms with van der Waals surface area (Å²) in [7, 11) is 0. The summed E-state index contributed by atoms with van der Waals surface area (Å²) < 4.78 is 0. The molecule has 2 heterocycles. The second-order valence-corrected chi connectivity index (χ2v) is 4.20. The number of carbonyl (C=O) groups is 2. The smallest absolute Gasteiger partial charge is 0.254 e. The molecule has 0 spiro atoms. The topological polar surface area (TPSA) is 40.6 Å². The number of hydrogen-bond donors (Lipinski definition) is 0. The van der Waals surface area contributed by atoms with E-state index >= 15 is 0 Å². The van der Waals surface area contributed by atoms with Gasteiger partial charge < -0.3 is 9.80 Å². The Hall–Kier alpha value is -1.55. The van der Waals surface area contributed by atoms with Crippen molar-refractivity contribution in [3.63, 3.8) is 0 Å². The third-order valence-corrected chi connectivity index (χ3v) is 3.37. The highest BCUT2D eigenvalue weighted by Crippen LogP contribution is 2.35. The quantitative estimate of drug-likeness (QED) is 0.702. The van der Waals surface area contributed by atoms with Crippen LogP contribution in [0.25, 0.3) is 0 Å². The Kier molecular flexibility index (Phi) is 3.07. The van der Waals surface area contributed by atoms with Crippen molar-refractivity contribution in [3.8, 4) is 0 Å². The molecule has 1 aromatic carbocycles. The average Bonchev–Trinajstić information content (AvgIpc) is 2.64. The summed E-state index contributed by atoms with van der Waals surface area (Å²) in [4.78, 5) is 26.4. The molecule has 1 aromatic rings. The first kappa shape index (κ1) is 11.9. The minimum Gasteiger partial charge on any atom is -0.341 e. The van der Waals surface area contributed by atoms with Gasteiger partial charge in [0.25, 0.3) is 5.91 Å². The first-order valence-electron chi connectivity index (χ1n) is 5.40. The van der Waals surface area contributed by atoms with Crippen LogP contribution in [0.3, 0.4) is 0 Å².